The molecule has 0 aliphatic carbocycles. The molecular formula is C10H20N2O3S. The second-order valence-electron chi connectivity index (χ2n) is 4.18. The van der Waals surface area contributed by atoms with Gasteiger partial charge in [-0.15, -0.1) is 0 Å². The molecule has 0 unspecified atom stereocenters. The standard InChI is InChI=1S/C10H20N2O3S/c1-10(2,7-8(13)14)12-9(15)11-5-4-6-16-3/h4-7H2,1-3H3,(H,13,14)(H2,11,12,15). The average Bonchev–Trinajstić information content (AvgIpc) is 2.09. The first-order chi connectivity index (χ1) is 7.37. The molecule has 0 bridgehead atoms. The molecular weight excluding hydrogens is 228 g/mol. The van der Waals surface area contributed by atoms with Gasteiger partial charge in [-0.05, 0) is 32.3 Å². The Kier molecular flexibility index (Phi) is 6.96. The van der Waals surface area contributed by atoms with Crippen molar-refractivity contribution in [3.63, 3.8) is 0 Å². The van der Waals surface area contributed by atoms with Crippen molar-refractivity contribution in [2.75, 3.05) is 18.6 Å². The summed E-state index contributed by atoms with van der Waals surface area (Å²) in [6.45, 7) is 3.97. The number of hydrogen-bond acceptors (Lipinski definition) is 3. The van der Waals surface area contributed by atoms with Crippen LogP contribution in [0.5, 0.6) is 0 Å². The van der Waals surface area contributed by atoms with Crippen LogP contribution in [0, 0.1) is 0 Å². The minimum Gasteiger partial charge on any atom is -0.481 e. The number of urea groups is 1. The van der Waals surface area contributed by atoms with Crippen LogP contribution in [0.15, 0.2) is 0 Å². The van der Waals surface area contributed by atoms with Gasteiger partial charge in [-0.2, -0.15) is 11.8 Å². The van der Waals surface area contributed by atoms with Gasteiger partial charge in [0.1, 0.15) is 0 Å². The molecule has 3 N–H and O–H groups in total. The van der Waals surface area contributed by atoms with Crippen LogP contribution in [-0.2, 0) is 4.79 Å². The second kappa shape index (κ2) is 7.38. The number of hydrogen-bond donors (Lipinski definition) is 3. The van der Waals surface area contributed by atoms with Crippen molar-refractivity contribution in [3.05, 3.63) is 0 Å². The first kappa shape index (κ1) is 15.1. The lowest BCUT2D eigenvalue weighted by molar-refractivity contribution is -0.138. The SMILES string of the molecule is CSCCCNC(=O)NC(C)(C)CC(=O)O. The molecule has 0 heterocycles. The largest absolute Gasteiger partial charge is 0.481 e. The highest BCUT2D eigenvalue weighted by atomic mass is 32.2. The Labute approximate surface area is 100 Å². The minimum atomic E-state index is -0.923. The molecule has 0 aromatic heterocycles. The van der Waals surface area contributed by atoms with E-state index in [2.05, 4.69) is 10.6 Å². The van der Waals surface area contributed by atoms with E-state index < -0.39 is 11.5 Å². The van der Waals surface area contributed by atoms with Crippen molar-refractivity contribution in [2.24, 2.45) is 0 Å². The van der Waals surface area contributed by atoms with E-state index in [-0.39, 0.29) is 12.5 Å². The summed E-state index contributed by atoms with van der Waals surface area (Å²) in [5, 5.41) is 14.0. The number of rotatable bonds is 7. The molecule has 0 fully saturated rings. The van der Waals surface area contributed by atoms with E-state index in [1.165, 1.54) is 0 Å². The molecule has 6 heteroatoms. The molecule has 0 aromatic carbocycles. The third kappa shape index (κ3) is 8.40. The summed E-state index contributed by atoms with van der Waals surface area (Å²) in [6.07, 6.45) is 2.83. The number of carboxylic acid groups (broad SMARTS) is 1. The maximum atomic E-state index is 11.4. The number of carbonyl (C=O) groups excluding carboxylic acids is 1. The number of aliphatic carboxylic acids is 1. The smallest absolute Gasteiger partial charge is 0.315 e. The number of carboxylic acids is 1. The highest BCUT2D eigenvalue weighted by Gasteiger charge is 2.23. The van der Waals surface area contributed by atoms with Gasteiger partial charge in [0.15, 0.2) is 0 Å². The lowest BCUT2D eigenvalue weighted by Gasteiger charge is -2.24. The summed E-state index contributed by atoms with van der Waals surface area (Å²) >= 11 is 1.73. The van der Waals surface area contributed by atoms with Crippen LogP contribution in [-0.4, -0.2) is 41.2 Å². The summed E-state index contributed by atoms with van der Waals surface area (Å²) < 4.78 is 0. The van der Waals surface area contributed by atoms with Crippen molar-refractivity contribution >= 4 is 23.8 Å². The van der Waals surface area contributed by atoms with E-state index in [0.29, 0.717) is 6.54 Å². The van der Waals surface area contributed by atoms with E-state index in [0.717, 1.165) is 12.2 Å². The zero-order valence-corrected chi connectivity index (χ0v) is 10.8. The highest BCUT2D eigenvalue weighted by molar-refractivity contribution is 7.98. The Morgan fingerprint density at radius 3 is 2.50 bits per heavy atom. The number of amides is 2. The molecule has 5 nitrogen and oxygen atoms in total. The fourth-order valence-electron chi connectivity index (χ4n) is 1.19. The Morgan fingerprint density at radius 1 is 1.38 bits per heavy atom. The van der Waals surface area contributed by atoms with E-state index in [4.69, 9.17) is 5.11 Å². The van der Waals surface area contributed by atoms with Gasteiger partial charge in [0, 0.05) is 12.1 Å². The molecule has 0 aromatic rings. The molecule has 0 saturated carbocycles. The zero-order chi connectivity index (χ0) is 12.6. The lowest BCUT2D eigenvalue weighted by Crippen LogP contribution is -2.49. The van der Waals surface area contributed by atoms with Crippen LogP contribution in [0.3, 0.4) is 0 Å². The molecule has 16 heavy (non-hydrogen) atoms. The van der Waals surface area contributed by atoms with Crippen molar-refractivity contribution in [1.29, 1.82) is 0 Å². The summed E-state index contributed by atoms with van der Waals surface area (Å²) in [6, 6.07) is -0.313. The van der Waals surface area contributed by atoms with E-state index in [1.807, 2.05) is 6.26 Å². The monoisotopic (exact) mass is 248 g/mol. The summed E-state index contributed by atoms with van der Waals surface area (Å²) in [5.74, 6) is 0.0754. The number of nitrogens with one attached hydrogen (secondary N) is 2. The van der Waals surface area contributed by atoms with Crippen LogP contribution in [0.1, 0.15) is 26.7 Å². The second-order valence-corrected chi connectivity index (χ2v) is 5.17. The predicted molar refractivity (Wildman–Crippen MR) is 65.9 cm³/mol. The first-order valence-corrected chi connectivity index (χ1v) is 6.53. The van der Waals surface area contributed by atoms with Gasteiger partial charge in [0.25, 0.3) is 0 Å². The van der Waals surface area contributed by atoms with Crippen molar-refractivity contribution < 1.29 is 14.7 Å². The van der Waals surface area contributed by atoms with E-state index in [1.54, 1.807) is 25.6 Å². The molecule has 0 aliphatic rings. The number of carbonyl (C=O) groups is 2. The fourth-order valence-corrected chi connectivity index (χ4v) is 1.63. The van der Waals surface area contributed by atoms with Crippen LogP contribution in [0.2, 0.25) is 0 Å². The lowest BCUT2D eigenvalue weighted by atomic mass is 10.0. The van der Waals surface area contributed by atoms with Gasteiger partial charge in [0.05, 0.1) is 6.42 Å². The first-order valence-electron chi connectivity index (χ1n) is 5.14. The van der Waals surface area contributed by atoms with Crippen molar-refractivity contribution in [3.8, 4) is 0 Å². The molecule has 0 radical (unpaired) electrons. The highest BCUT2D eigenvalue weighted by Crippen LogP contribution is 2.07. The van der Waals surface area contributed by atoms with Crippen LogP contribution in [0.25, 0.3) is 0 Å². The van der Waals surface area contributed by atoms with E-state index in [9.17, 15) is 9.59 Å². The molecule has 94 valence electrons. The topological polar surface area (TPSA) is 78.4 Å². The third-order valence-corrected chi connectivity index (χ3v) is 2.55. The zero-order valence-electron chi connectivity index (χ0n) is 10.0. The maximum absolute atomic E-state index is 11.4. The summed E-state index contributed by atoms with van der Waals surface area (Å²) in [4.78, 5) is 21.9. The van der Waals surface area contributed by atoms with Gasteiger partial charge in [-0.25, -0.2) is 4.79 Å². The average molecular weight is 248 g/mol. The molecule has 0 atom stereocenters. The van der Waals surface area contributed by atoms with Crippen LogP contribution < -0.4 is 10.6 Å². The van der Waals surface area contributed by atoms with Crippen LogP contribution in [0.4, 0.5) is 4.79 Å². The van der Waals surface area contributed by atoms with Gasteiger partial charge < -0.3 is 15.7 Å². The maximum Gasteiger partial charge on any atom is 0.315 e. The van der Waals surface area contributed by atoms with E-state index >= 15 is 0 Å². The molecule has 0 spiro atoms. The molecule has 0 saturated heterocycles. The number of thioether (sulfide) groups is 1. The summed E-state index contributed by atoms with van der Waals surface area (Å²) in [7, 11) is 0. The predicted octanol–water partition coefficient (Wildman–Crippen LogP) is 1.29. The van der Waals surface area contributed by atoms with Crippen LogP contribution >= 0.6 is 11.8 Å². The van der Waals surface area contributed by atoms with Gasteiger partial charge in [-0.3, -0.25) is 4.79 Å². The normalized spacial score (nSPS) is 10.9. The Hall–Kier alpha value is -0.910. The Morgan fingerprint density at radius 2 is 2.00 bits per heavy atom. The van der Waals surface area contributed by atoms with Crippen molar-refractivity contribution in [2.45, 2.75) is 32.2 Å². The third-order valence-electron chi connectivity index (χ3n) is 1.86. The van der Waals surface area contributed by atoms with Gasteiger partial charge in [0.2, 0.25) is 0 Å². The fraction of sp³-hybridized carbons (Fsp3) is 0.800. The quantitative estimate of drug-likeness (QED) is 0.593. The van der Waals surface area contributed by atoms with Crippen molar-refractivity contribution in [1.82, 2.24) is 10.6 Å². The summed E-state index contributed by atoms with van der Waals surface area (Å²) in [5.41, 5.74) is -0.727. The van der Waals surface area contributed by atoms with Gasteiger partial charge >= 0.3 is 12.0 Å². The molecule has 2 amide bonds. The Balaban J connectivity index is 3.80. The molecule has 0 aliphatic heterocycles. The molecule has 0 rings (SSSR count). The minimum absolute atomic E-state index is 0.0920. The Bertz CT molecular complexity index is 244. The van der Waals surface area contributed by atoms with Gasteiger partial charge in [-0.1, -0.05) is 0 Å².